The summed E-state index contributed by atoms with van der Waals surface area (Å²) in [5, 5.41) is 3.05. The average Bonchev–Trinajstić information content (AvgIpc) is 2.91. The summed E-state index contributed by atoms with van der Waals surface area (Å²) in [6.07, 6.45) is 0.268. The lowest BCUT2D eigenvalue weighted by atomic mass is 10.0. The second kappa shape index (κ2) is 13.5. The summed E-state index contributed by atoms with van der Waals surface area (Å²) >= 11 is 0. The van der Waals surface area contributed by atoms with Gasteiger partial charge in [0.25, 0.3) is 0 Å². The Hall–Kier alpha value is -3.69. The molecule has 1 atom stereocenters. The number of nitrogens with one attached hydrogen (secondary N) is 1. The first-order valence-electron chi connectivity index (χ1n) is 14.1. The Balaban J connectivity index is 2.14. The van der Waals surface area contributed by atoms with Crippen molar-refractivity contribution >= 4 is 27.7 Å². The molecule has 0 aliphatic carbocycles. The standard InChI is InChI=1S/C33H44N4O4S/c1-24-15-18-28(19-16-24)22-36(30(32(39)34-33(4,5)6)21-27-12-10-9-11-13-27)31(38)23-37(42(40,41)35(7)8)29-20-25(2)14-17-26(29)3/h9-20,30H,21-23H2,1-8H3,(H,34,39)/t30-/m0/s1. The SMILES string of the molecule is Cc1ccc(CN(C(=O)CN(c2cc(C)ccc2C)S(=O)(=O)N(C)C)[C@@H](Cc2ccccc2)C(=O)NC(C)(C)C)cc1. The Morgan fingerprint density at radius 1 is 0.833 bits per heavy atom. The van der Waals surface area contributed by atoms with Gasteiger partial charge in [0.15, 0.2) is 0 Å². The zero-order valence-corrected chi connectivity index (χ0v) is 26.8. The highest BCUT2D eigenvalue weighted by molar-refractivity contribution is 7.90. The largest absolute Gasteiger partial charge is 0.350 e. The minimum absolute atomic E-state index is 0.136. The first kappa shape index (κ1) is 32.8. The highest BCUT2D eigenvalue weighted by atomic mass is 32.2. The third-order valence-corrected chi connectivity index (χ3v) is 8.70. The Morgan fingerprint density at radius 2 is 1.43 bits per heavy atom. The zero-order chi connectivity index (χ0) is 31.2. The van der Waals surface area contributed by atoms with Crippen molar-refractivity contribution < 1.29 is 18.0 Å². The molecule has 0 aromatic heterocycles. The molecule has 0 saturated heterocycles. The fraction of sp³-hybridized carbons (Fsp3) is 0.394. The van der Waals surface area contributed by atoms with Gasteiger partial charge in [-0.05, 0) is 69.9 Å². The van der Waals surface area contributed by atoms with Crippen LogP contribution in [0.1, 0.15) is 48.6 Å². The molecular weight excluding hydrogens is 548 g/mol. The fourth-order valence-electron chi connectivity index (χ4n) is 4.59. The molecule has 0 bridgehead atoms. The van der Waals surface area contributed by atoms with Crippen molar-refractivity contribution in [2.45, 2.75) is 66.1 Å². The van der Waals surface area contributed by atoms with Crippen molar-refractivity contribution in [3.8, 4) is 0 Å². The van der Waals surface area contributed by atoms with Gasteiger partial charge in [0.05, 0.1) is 5.69 Å². The van der Waals surface area contributed by atoms with E-state index in [0.29, 0.717) is 5.69 Å². The van der Waals surface area contributed by atoms with Crippen LogP contribution in [-0.4, -0.2) is 61.7 Å². The molecule has 226 valence electrons. The van der Waals surface area contributed by atoms with Crippen LogP contribution >= 0.6 is 0 Å². The molecule has 0 heterocycles. The van der Waals surface area contributed by atoms with Crippen molar-refractivity contribution in [3.63, 3.8) is 0 Å². The lowest BCUT2D eigenvalue weighted by molar-refractivity contribution is -0.140. The van der Waals surface area contributed by atoms with Gasteiger partial charge in [-0.1, -0.05) is 72.3 Å². The van der Waals surface area contributed by atoms with E-state index in [1.54, 1.807) is 6.07 Å². The molecule has 1 N–H and O–H groups in total. The predicted molar refractivity (Wildman–Crippen MR) is 169 cm³/mol. The van der Waals surface area contributed by atoms with Gasteiger partial charge in [0, 0.05) is 32.6 Å². The van der Waals surface area contributed by atoms with Crippen molar-refractivity contribution in [2.75, 3.05) is 24.9 Å². The first-order valence-corrected chi connectivity index (χ1v) is 15.5. The van der Waals surface area contributed by atoms with Crippen LogP contribution in [0.2, 0.25) is 0 Å². The minimum atomic E-state index is -4.05. The summed E-state index contributed by atoms with van der Waals surface area (Å²) in [6.45, 7) is 11.0. The molecule has 0 radical (unpaired) electrons. The summed E-state index contributed by atoms with van der Waals surface area (Å²) in [5.41, 5.74) is 4.26. The van der Waals surface area contributed by atoms with E-state index >= 15 is 0 Å². The van der Waals surface area contributed by atoms with E-state index in [4.69, 9.17) is 0 Å². The van der Waals surface area contributed by atoms with Gasteiger partial charge in [0.2, 0.25) is 11.8 Å². The van der Waals surface area contributed by atoms with E-state index in [1.165, 1.54) is 19.0 Å². The average molecular weight is 593 g/mol. The molecule has 0 unspecified atom stereocenters. The molecule has 0 spiro atoms. The van der Waals surface area contributed by atoms with Crippen LogP contribution in [-0.2, 0) is 32.8 Å². The number of hydrogen-bond donors (Lipinski definition) is 1. The second-order valence-corrected chi connectivity index (χ2v) is 14.1. The molecule has 0 saturated carbocycles. The first-order chi connectivity index (χ1) is 19.6. The number of aryl methyl sites for hydroxylation is 3. The minimum Gasteiger partial charge on any atom is -0.350 e. The third-order valence-electron chi connectivity index (χ3n) is 6.89. The third kappa shape index (κ3) is 8.66. The summed E-state index contributed by atoms with van der Waals surface area (Å²) in [6, 6.07) is 21.9. The maximum Gasteiger partial charge on any atom is 0.304 e. The summed E-state index contributed by atoms with van der Waals surface area (Å²) in [7, 11) is -1.17. The van der Waals surface area contributed by atoms with Gasteiger partial charge in [-0.3, -0.25) is 9.59 Å². The molecule has 0 fully saturated rings. The smallest absolute Gasteiger partial charge is 0.304 e. The lowest BCUT2D eigenvalue weighted by Crippen LogP contribution is -2.56. The molecule has 8 nitrogen and oxygen atoms in total. The van der Waals surface area contributed by atoms with Crippen LogP contribution in [0, 0.1) is 20.8 Å². The van der Waals surface area contributed by atoms with Crippen molar-refractivity contribution in [3.05, 3.63) is 101 Å². The van der Waals surface area contributed by atoms with E-state index < -0.39 is 34.2 Å². The van der Waals surface area contributed by atoms with Gasteiger partial charge in [-0.2, -0.15) is 12.7 Å². The maximum atomic E-state index is 14.4. The molecule has 9 heteroatoms. The number of benzene rings is 3. The van der Waals surface area contributed by atoms with E-state index in [-0.39, 0.29) is 18.9 Å². The molecule has 3 aromatic carbocycles. The van der Waals surface area contributed by atoms with Crippen molar-refractivity contribution in [1.82, 2.24) is 14.5 Å². The number of anilines is 1. The number of nitrogens with zero attached hydrogens (tertiary/aromatic N) is 3. The molecule has 2 amide bonds. The Kier molecular flexibility index (Phi) is 10.6. The highest BCUT2D eigenvalue weighted by Crippen LogP contribution is 2.26. The summed E-state index contributed by atoms with van der Waals surface area (Å²) in [5.74, 6) is -0.785. The van der Waals surface area contributed by atoms with Crippen LogP contribution in [0.25, 0.3) is 0 Å². The van der Waals surface area contributed by atoms with Crippen LogP contribution in [0.4, 0.5) is 5.69 Å². The molecule has 0 aliphatic rings. The topological polar surface area (TPSA) is 90.0 Å². The predicted octanol–water partition coefficient (Wildman–Crippen LogP) is 4.78. The highest BCUT2D eigenvalue weighted by Gasteiger charge is 2.36. The molecule has 42 heavy (non-hydrogen) atoms. The second-order valence-electron chi connectivity index (χ2n) is 12.0. The number of carbonyl (C=O) groups excluding carboxylic acids is 2. The Labute approximate surface area is 251 Å². The molecular formula is C33H44N4O4S. The van der Waals surface area contributed by atoms with Crippen molar-refractivity contribution in [1.29, 1.82) is 0 Å². The molecule has 3 rings (SSSR count). The lowest BCUT2D eigenvalue weighted by Gasteiger charge is -2.36. The van der Waals surface area contributed by atoms with Gasteiger partial charge in [-0.25, -0.2) is 4.31 Å². The zero-order valence-electron chi connectivity index (χ0n) is 26.0. The number of rotatable bonds is 11. The van der Waals surface area contributed by atoms with E-state index in [0.717, 1.165) is 36.4 Å². The Morgan fingerprint density at radius 3 is 2.00 bits per heavy atom. The van der Waals surface area contributed by atoms with Gasteiger partial charge in [-0.15, -0.1) is 0 Å². The molecule has 0 aliphatic heterocycles. The summed E-state index contributed by atoms with van der Waals surface area (Å²) in [4.78, 5) is 29.8. The number of amides is 2. The van der Waals surface area contributed by atoms with Gasteiger partial charge in [0.1, 0.15) is 12.6 Å². The van der Waals surface area contributed by atoms with Gasteiger partial charge >= 0.3 is 10.2 Å². The normalized spacial score (nSPS) is 12.6. The monoisotopic (exact) mass is 592 g/mol. The number of hydrogen-bond acceptors (Lipinski definition) is 4. The van der Waals surface area contributed by atoms with Crippen LogP contribution < -0.4 is 9.62 Å². The van der Waals surface area contributed by atoms with Gasteiger partial charge < -0.3 is 10.2 Å². The van der Waals surface area contributed by atoms with E-state index in [9.17, 15) is 18.0 Å². The Bertz CT molecular complexity index is 1480. The number of carbonyl (C=O) groups is 2. The van der Waals surface area contributed by atoms with Crippen molar-refractivity contribution in [2.24, 2.45) is 0 Å². The summed E-state index contributed by atoms with van der Waals surface area (Å²) < 4.78 is 29.5. The van der Waals surface area contributed by atoms with E-state index in [1.807, 2.05) is 108 Å². The van der Waals surface area contributed by atoms with Crippen LogP contribution in [0.3, 0.4) is 0 Å². The fourth-order valence-corrected chi connectivity index (χ4v) is 5.70. The van der Waals surface area contributed by atoms with Crippen LogP contribution in [0.5, 0.6) is 0 Å². The molecule has 3 aromatic rings. The van der Waals surface area contributed by atoms with Crippen LogP contribution in [0.15, 0.2) is 72.8 Å². The van der Waals surface area contributed by atoms with E-state index in [2.05, 4.69) is 5.32 Å². The maximum absolute atomic E-state index is 14.4. The quantitative estimate of drug-likeness (QED) is 0.347.